The number of phenols is 1. The normalized spacial score (nSPS) is 20.9. The van der Waals surface area contributed by atoms with Crippen LogP contribution in [0, 0.1) is 0 Å². The van der Waals surface area contributed by atoms with E-state index in [0.29, 0.717) is 6.54 Å². The molecule has 0 radical (unpaired) electrons. The van der Waals surface area contributed by atoms with Gasteiger partial charge in [0, 0.05) is 5.69 Å². The van der Waals surface area contributed by atoms with Crippen molar-refractivity contribution in [2.75, 3.05) is 18.4 Å². The van der Waals surface area contributed by atoms with Crippen LogP contribution in [0.3, 0.4) is 0 Å². The molecule has 0 saturated heterocycles. The largest absolute Gasteiger partial charge is 0.508 e. The highest BCUT2D eigenvalue weighted by Gasteiger charge is 2.32. The van der Waals surface area contributed by atoms with Crippen LogP contribution in [0.2, 0.25) is 0 Å². The van der Waals surface area contributed by atoms with Gasteiger partial charge >= 0.3 is 0 Å². The van der Waals surface area contributed by atoms with Crippen LogP contribution in [0.1, 0.15) is 29.2 Å². The van der Waals surface area contributed by atoms with E-state index in [1.165, 1.54) is 5.56 Å². The summed E-state index contributed by atoms with van der Waals surface area (Å²) in [5, 5.41) is 12.9. The number of nitrogens with zero attached hydrogens (tertiary/aromatic N) is 1. The maximum absolute atomic E-state index is 12.2. The topological polar surface area (TPSA) is 52.6 Å². The van der Waals surface area contributed by atoms with E-state index in [2.05, 4.69) is 16.3 Å². The molecule has 1 unspecified atom stereocenters. The number of anilines is 1. The molecule has 2 aliphatic heterocycles. The number of phenolic OH excluding ortho intramolecular Hbond substituents is 1. The number of carbonyl (C=O) groups is 1. The summed E-state index contributed by atoms with van der Waals surface area (Å²) < 4.78 is 0. The van der Waals surface area contributed by atoms with Gasteiger partial charge in [-0.05, 0) is 54.3 Å². The molecule has 0 bridgehead atoms. The average Bonchev–Trinajstić information content (AvgIpc) is 2.75. The lowest BCUT2D eigenvalue weighted by molar-refractivity contribution is -0.117. The van der Waals surface area contributed by atoms with Crippen molar-refractivity contribution < 1.29 is 9.90 Å². The number of nitrogens with one attached hydrogen (secondary N) is 1. The number of carbonyl (C=O) groups excluding carboxylic acids is 1. The third-order valence-electron chi connectivity index (χ3n) is 4.56. The second-order valence-corrected chi connectivity index (χ2v) is 6.00. The Morgan fingerprint density at radius 1 is 1.14 bits per heavy atom. The highest BCUT2D eigenvalue weighted by Crippen LogP contribution is 2.40. The van der Waals surface area contributed by atoms with E-state index >= 15 is 0 Å². The van der Waals surface area contributed by atoms with Crippen molar-refractivity contribution in [2.24, 2.45) is 0 Å². The minimum absolute atomic E-state index is 0.0137. The fourth-order valence-electron chi connectivity index (χ4n) is 3.62. The zero-order chi connectivity index (χ0) is 15.1. The van der Waals surface area contributed by atoms with E-state index in [9.17, 15) is 9.90 Å². The number of para-hydroxylation sites is 1. The summed E-state index contributed by atoms with van der Waals surface area (Å²) in [5.41, 5.74) is 4.34. The summed E-state index contributed by atoms with van der Waals surface area (Å²) >= 11 is 0. The summed E-state index contributed by atoms with van der Waals surface area (Å²) in [5.74, 6) is 0.306. The van der Waals surface area contributed by atoms with Crippen LogP contribution < -0.4 is 5.32 Å². The van der Waals surface area contributed by atoms with Gasteiger partial charge in [-0.25, -0.2) is 0 Å². The number of aromatic hydroxyl groups is 1. The molecule has 1 atom stereocenters. The Kier molecular flexibility index (Phi) is 3.12. The molecule has 112 valence electrons. The second kappa shape index (κ2) is 5.14. The number of fused-ring (bicyclic) bond motifs is 5. The van der Waals surface area contributed by atoms with Gasteiger partial charge in [-0.2, -0.15) is 0 Å². The van der Waals surface area contributed by atoms with Crippen LogP contribution in [-0.4, -0.2) is 29.0 Å². The smallest absolute Gasteiger partial charge is 0.238 e. The van der Waals surface area contributed by atoms with Crippen LogP contribution in [0.15, 0.2) is 42.5 Å². The first-order valence-corrected chi connectivity index (χ1v) is 7.67. The first-order chi connectivity index (χ1) is 10.7. The van der Waals surface area contributed by atoms with Crippen molar-refractivity contribution in [1.82, 2.24) is 4.90 Å². The second-order valence-electron chi connectivity index (χ2n) is 6.00. The van der Waals surface area contributed by atoms with E-state index in [0.717, 1.165) is 36.2 Å². The van der Waals surface area contributed by atoms with E-state index in [4.69, 9.17) is 0 Å². The quantitative estimate of drug-likeness (QED) is 0.785. The molecule has 0 saturated carbocycles. The lowest BCUT2D eigenvalue weighted by Gasteiger charge is -2.29. The molecular formula is C18H18N2O2. The number of rotatable bonds is 0. The van der Waals surface area contributed by atoms with Gasteiger partial charge < -0.3 is 10.4 Å². The molecule has 22 heavy (non-hydrogen) atoms. The molecule has 0 aliphatic carbocycles. The Morgan fingerprint density at radius 2 is 2.00 bits per heavy atom. The molecule has 0 fully saturated rings. The Hall–Kier alpha value is -2.33. The highest BCUT2D eigenvalue weighted by molar-refractivity contribution is 5.94. The Morgan fingerprint density at radius 3 is 2.91 bits per heavy atom. The van der Waals surface area contributed by atoms with Crippen molar-refractivity contribution in [3.05, 3.63) is 59.2 Å². The molecule has 4 nitrogen and oxygen atoms in total. The highest BCUT2D eigenvalue weighted by atomic mass is 16.3. The van der Waals surface area contributed by atoms with Crippen LogP contribution >= 0.6 is 0 Å². The summed E-state index contributed by atoms with van der Waals surface area (Å²) in [6.45, 7) is 1.26. The number of hydrogen-bond acceptors (Lipinski definition) is 3. The number of benzene rings is 2. The van der Waals surface area contributed by atoms with E-state index in [-0.39, 0.29) is 17.7 Å². The predicted octanol–water partition coefficient (Wildman–Crippen LogP) is 2.68. The van der Waals surface area contributed by atoms with Crippen molar-refractivity contribution in [3.8, 4) is 5.75 Å². The average molecular weight is 294 g/mol. The molecule has 4 rings (SSSR count). The fourth-order valence-corrected chi connectivity index (χ4v) is 3.62. The molecule has 4 heteroatoms. The Balaban J connectivity index is 1.95. The fraction of sp³-hybridized carbons (Fsp3) is 0.278. The van der Waals surface area contributed by atoms with Gasteiger partial charge in [0.15, 0.2) is 0 Å². The van der Waals surface area contributed by atoms with Crippen LogP contribution in [0.5, 0.6) is 5.75 Å². The number of hydrogen-bond donors (Lipinski definition) is 2. The minimum Gasteiger partial charge on any atom is -0.508 e. The first-order valence-electron chi connectivity index (χ1n) is 7.67. The van der Waals surface area contributed by atoms with E-state index in [1.54, 1.807) is 6.07 Å². The Bertz CT molecular complexity index is 742. The molecule has 2 aliphatic rings. The minimum atomic E-state index is 0.0137. The molecular weight excluding hydrogens is 276 g/mol. The van der Waals surface area contributed by atoms with Crippen LogP contribution in [0.25, 0.3) is 0 Å². The SMILES string of the molecule is O=C1CN2CCCc3ccc(O)cc3C2c2ccccc2N1. The zero-order valence-electron chi connectivity index (χ0n) is 12.2. The van der Waals surface area contributed by atoms with Crippen LogP contribution in [-0.2, 0) is 11.2 Å². The Labute approximate surface area is 129 Å². The van der Waals surface area contributed by atoms with Gasteiger partial charge in [-0.1, -0.05) is 24.3 Å². The third kappa shape index (κ3) is 2.16. The number of aryl methyl sites for hydroxylation is 1. The monoisotopic (exact) mass is 294 g/mol. The molecule has 1 amide bonds. The summed E-state index contributed by atoms with van der Waals surface area (Å²) in [6.07, 6.45) is 2.00. The van der Waals surface area contributed by atoms with Gasteiger partial charge in [-0.15, -0.1) is 0 Å². The van der Waals surface area contributed by atoms with E-state index < -0.39 is 0 Å². The maximum Gasteiger partial charge on any atom is 0.238 e. The summed E-state index contributed by atoms with van der Waals surface area (Å²) in [4.78, 5) is 14.4. The van der Waals surface area contributed by atoms with E-state index in [1.807, 2.05) is 30.3 Å². The standard InChI is InChI=1S/C18H18N2O2/c21-13-8-7-12-4-3-9-20-11-17(22)19-16-6-2-1-5-14(16)18(20)15(12)10-13/h1-2,5-8,10,18,21H,3-4,9,11H2,(H,19,22). The molecule has 2 N–H and O–H groups in total. The molecule has 0 spiro atoms. The van der Waals surface area contributed by atoms with Crippen molar-refractivity contribution in [1.29, 1.82) is 0 Å². The summed E-state index contributed by atoms with van der Waals surface area (Å²) in [7, 11) is 0. The third-order valence-corrected chi connectivity index (χ3v) is 4.56. The first kappa shape index (κ1) is 13.3. The maximum atomic E-state index is 12.2. The lowest BCUT2D eigenvalue weighted by atomic mass is 9.92. The van der Waals surface area contributed by atoms with Gasteiger partial charge in [0.05, 0.1) is 12.6 Å². The van der Waals surface area contributed by atoms with Gasteiger partial charge in [0.2, 0.25) is 5.91 Å². The molecule has 2 aromatic rings. The van der Waals surface area contributed by atoms with Crippen LogP contribution in [0.4, 0.5) is 5.69 Å². The van der Waals surface area contributed by atoms with Crippen molar-refractivity contribution in [2.45, 2.75) is 18.9 Å². The van der Waals surface area contributed by atoms with Gasteiger partial charge in [0.1, 0.15) is 5.75 Å². The van der Waals surface area contributed by atoms with Crippen molar-refractivity contribution >= 4 is 11.6 Å². The van der Waals surface area contributed by atoms with Gasteiger partial charge in [0.25, 0.3) is 0 Å². The summed E-state index contributed by atoms with van der Waals surface area (Å²) in [6, 6.07) is 13.6. The molecule has 2 aromatic carbocycles. The van der Waals surface area contributed by atoms with Crippen molar-refractivity contribution in [3.63, 3.8) is 0 Å². The van der Waals surface area contributed by atoms with Gasteiger partial charge in [-0.3, -0.25) is 9.69 Å². The molecule has 0 aromatic heterocycles. The lowest BCUT2D eigenvalue weighted by Crippen LogP contribution is -2.33. The zero-order valence-corrected chi connectivity index (χ0v) is 12.2. The number of amides is 1. The predicted molar refractivity (Wildman–Crippen MR) is 84.9 cm³/mol. The molecule has 2 heterocycles.